The second-order valence-corrected chi connectivity index (χ2v) is 5.35. The molecule has 0 unspecified atom stereocenters. The molecule has 3 nitrogen and oxygen atoms in total. The highest BCUT2D eigenvalue weighted by Gasteiger charge is 2.41. The fourth-order valence-corrected chi connectivity index (χ4v) is 2.52. The first-order valence-corrected chi connectivity index (χ1v) is 6.50. The van der Waals surface area contributed by atoms with E-state index in [9.17, 15) is 18.0 Å². The predicted octanol–water partition coefficient (Wildman–Crippen LogP) is 2.66. The van der Waals surface area contributed by atoms with Gasteiger partial charge in [0, 0.05) is 18.7 Å². The van der Waals surface area contributed by atoms with Crippen LogP contribution < -0.4 is 5.73 Å². The van der Waals surface area contributed by atoms with Crippen LogP contribution in [0.4, 0.5) is 13.2 Å². The van der Waals surface area contributed by atoms with Crippen LogP contribution >= 0.6 is 0 Å². The molecule has 0 spiro atoms. The maximum absolute atomic E-state index is 12.6. The fourth-order valence-electron chi connectivity index (χ4n) is 2.52. The minimum absolute atomic E-state index is 0.0540. The standard InChI is InChI=1S/C14H17F3N2O/c1-2-6-13(18)8-19(9-13)12(20)10-4-3-5-11(7-10)14(15,16)17/h3-5,7H,2,6,8-9,18H2,1H3. The number of alkyl halides is 3. The average Bonchev–Trinajstić information content (AvgIpc) is 2.34. The summed E-state index contributed by atoms with van der Waals surface area (Å²) in [6.07, 6.45) is -2.72. The van der Waals surface area contributed by atoms with Crippen molar-refractivity contribution < 1.29 is 18.0 Å². The average molecular weight is 286 g/mol. The molecular weight excluding hydrogens is 269 g/mol. The van der Waals surface area contributed by atoms with Gasteiger partial charge < -0.3 is 10.6 Å². The fraction of sp³-hybridized carbons (Fsp3) is 0.500. The third-order valence-corrected chi connectivity index (χ3v) is 3.48. The first-order valence-electron chi connectivity index (χ1n) is 6.50. The van der Waals surface area contributed by atoms with E-state index in [1.165, 1.54) is 17.0 Å². The zero-order valence-corrected chi connectivity index (χ0v) is 11.2. The van der Waals surface area contributed by atoms with Crippen LogP contribution in [-0.2, 0) is 6.18 Å². The number of carbonyl (C=O) groups excluding carboxylic acids is 1. The van der Waals surface area contributed by atoms with Crippen molar-refractivity contribution in [1.82, 2.24) is 4.90 Å². The summed E-state index contributed by atoms with van der Waals surface area (Å²) in [5, 5.41) is 0. The largest absolute Gasteiger partial charge is 0.416 e. The number of hydrogen-bond acceptors (Lipinski definition) is 2. The van der Waals surface area contributed by atoms with Crippen molar-refractivity contribution in [2.45, 2.75) is 31.5 Å². The molecule has 1 amide bonds. The van der Waals surface area contributed by atoms with E-state index in [1.807, 2.05) is 6.92 Å². The second-order valence-electron chi connectivity index (χ2n) is 5.35. The van der Waals surface area contributed by atoms with Gasteiger partial charge in [-0.15, -0.1) is 0 Å². The molecule has 1 aliphatic rings. The Morgan fingerprint density at radius 1 is 1.40 bits per heavy atom. The van der Waals surface area contributed by atoms with Gasteiger partial charge in [-0.1, -0.05) is 19.4 Å². The van der Waals surface area contributed by atoms with Crippen molar-refractivity contribution in [2.24, 2.45) is 5.73 Å². The number of amides is 1. The van der Waals surface area contributed by atoms with Gasteiger partial charge in [0.2, 0.25) is 0 Å². The number of halogens is 3. The predicted molar refractivity (Wildman–Crippen MR) is 69.2 cm³/mol. The third kappa shape index (κ3) is 2.95. The van der Waals surface area contributed by atoms with Gasteiger partial charge in [-0.2, -0.15) is 13.2 Å². The lowest BCUT2D eigenvalue weighted by molar-refractivity contribution is -0.137. The van der Waals surface area contributed by atoms with Crippen LogP contribution in [0.3, 0.4) is 0 Å². The summed E-state index contributed by atoms with van der Waals surface area (Å²) in [5.74, 6) is -0.395. The Hall–Kier alpha value is -1.56. The third-order valence-electron chi connectivity index (χ3n) is 3.48. The zero-order valence-electron chi connectivity index (χ0n) is 11.2. The Bertz CT molecular complexity index is 507. The zero-order chi connectivity index (χ0) is 15.0. The molecule has 0 atom stereocenters. The van der Waals surface area contributed by atoms with Crippen molar-refractivity contribution in [3.05, 3.63) is 35.4 Å². The first-order chi connectivity index (χ1) is 9.25. The van der Waals surface area contributed by atoms with Crippen molar-refractivity contribution >= 4 is 5.91 Å². The Labute approximate surface area is 115 Å². The summed E-state index contributed by atoms with van der Waals surface area (Å²) in [5.41, 5.74) is 4.91. The second kappa shape index (κ2) is 5.09. The van der Waals surface area contributed by atoms with Gasteiger partial charge in [0.15, 0.2) is 0 Å². The lowest BCUT2D eigenvalue weighted by atomic mass is 9.86. The summed E-state index contributed by atoms with van der Waals surface area (Å²) in [6, 6.07) is 4.49. The molecule has 110 valence electrons. The van der Waals surface area contributed by atoms with Gasteiger partial charge >= 0.3 is 6.18 Å². The van der Waals surface area contributed by atoms with E-state index < -0.39 is 17.6 Å². The van der Waals surface area contributed by atoms with Crippen LogP contribution in [0.2, 0.25) is 0 Å². The van der Waals surface area contributed by atoms with E-state index in [0.29, 0.717) is 13.1 Å². The minimum atomic E-state index is -4.44. The molecule has 0 radical (unpaired) electrons. The van der Waals surface area contributed by atoms with Gasteiger partial charge in [0.25, 0.3) is 5.91 Å². The smallest absolute Gasteiger partial charge is 0.335 e. The molecule has 20 heavy (non-hydrogen) atoms. The lowest BCUT2D eigenvalue weighted by Gasteiger charge is -2.47. The first kappa shape index (κ1) is 14.8. The number of nitrogens with two attached hydrogens (primary N) is 1. The number of likely N-dealkylation sites (tertiary alicyclic amines) is 1. The molecule has 1 heterocycles. The molecule has 0 aromatic heterocycles. The SMILES string of the molecule is CCCC1(N)CN(C(=O)c2cccc(C(F)(F)F)c2)C1. The van der Waals surface area contributed by atoms with E-state index in [2.05, 4.69) is 0 Å². The maximum Gasteiger partial charge on any atom is 0.416 e. The Morgan fingerprint density at radius 3 is 2.60 bits per heavy atom. The molecule has 1 aromatic rings. The van der Waals surface area contributed by atoms with Crippen LogP contribution in [0.15, 0.2) is 24.3 Å². The molecule has 1 fully saturated rings. The van der Waals surface area contributed by atoms with Crippen LogP contribution in [0.5, 0.6) is 0 Å². The number of rotatable bonds is 3. The molecule has 6 heteroatoms. The Kier molecular flexibility index (Phi) is 3.77. The topological polar surface area (TPSA) is 46.3 Å². The molecule has 2 N–H and O–H groups in total. The van der Waals surface area contributed by atoms with Gasteiger partial charge in [0.1, 0.15) is 0 Å². The van der Waals surface area contributed by atoms with E-state index in [1.54, 1.807) is 0 Å². The normalized spacial score (nSPS) is 17.8. The Balaban J connectivity index is 2.08. The van der Waals surface area contributed by atoms with Gasteiger partial charge in [-0.25, -0.2) is 0 Å². The van der Waals surface area contributed by atoms with E-state index in [0.717, 1.165) is 25.0 Å². The van der Waals surface area contributed by atoms with Crippen LogP contribution in [0.1, 0.15) is 35.7 Å². The van der Waals surface area contributed by atoms with Crippen molar-refractivity contribution in [1.29, 1.82) is 0 Å². The monoisotopic (exact) mass is 286 g/mol. The molecule has 1 saturated heterocycles. The number of benzene rings is 1. The summed E-state index contributed by atoms with van der Waals surface area (Å²) < 4.78 is 37.8. The summed E-state index contributed by atoms with van der Waals surface area (Å²) >= 11 is 0. The van der Waals surface area contributed by atoms with Gasteiger partial charge in [0.05, 0.1) is 11.1 Å². The van der Waals surface area contributed by atoms with Crippen molar-refractivity contribution in [3.63, 3.8) is 0 Å². The van der Waals surface area contributed by atoms with E-state index in [-0.39, 0.29) is 11.1 Å². The van der Waals surface area contributed by atoms with E-state index >= 15 is 0 Å². The van der Waals surface area contributed by atoms with Gasteiger partial charge in [-0.3, -0.25) is 4.79 Å². The van der Waals surface area contributed by atoms with Crippen LogP contribution in [0, 0.1) is 0 Å². The lowest BCUT2D eigenvalue weighted by Crippen LogP contribution is -2.68. The quantitative estimate of drug-likeness (QED) is 0.928. The van der Waals surface area contributed by atoms with Crippen LogP contribution in [0.25, 0.3) is 0 Å². The molecular formula is C14H17F3N2O. The number of nitrogens with zero attached hydrogens (tertiary/aromatic N) is 1. The molecule has 1 aliphatic heterocycles. The van der Waals surface area contributed by atoms with E-state index in [4.69, 9.17) is 5.73 Å². The maximum atomic E-state index is 12.6. The molecule has 0 saturated carbocycles. The molecule has 1 aromatic carbocycles. The highest BCUT2D eigenvalue weighted by molar-refractivity contribution is 5.95. The number of carbonyl (C=O) groups is 1. The molecule has 0 aliphatic carbocycles. The highest BCUT2D eigenvalue weighted by atomic mass is 19.4. The summed E-state index contributed by atoms with van der Waals surface area (Å²) in [4.78, 5) is 13.6. The molecule has 2 rings (SSSR count). The minimum Gasteiger partial charge on any atom is -0.335 e. The summed E-state index contributed by atoms with van der Waals surface area (Å²) in [7, 11) is 0. The molecule has 0 bridgehead atoms. The van der Waals surface area contributed by atoms with Gasteiger partial charge in [-0.05, 0) is 24.6 Å². The summed E-state index contributed by atoms with van der Waals surface area (Å²) in [6.45, 7) is 2.80. The Morgan fingerprint density at radius 2 is 2.05 bits per heavy atom. The van der Waals surface area contributed by atoms with Crippen LogP contribution in [-0.4, -0.2) is 29.4 Å². The number of hydrogen-bond donors (Lipinski definition) is 1. The highest BCUT2D eigenvalue weighted by Crippen LogP contribution is 2.31. The van der Waals surface area contributed by atoms with Crippen molar-refractivity contribution in [3.8, 4) is 0 Å². The van der Waals surface area contributed by atoms with Crippen molar-refractivity contribution in [2.75, 3.05) is 13.1 Å².